The van der Waals surface area contributed by atoms with Crippen LogP contribution >= 0.6 is 11.3 Å². The van der Waals surface area contributed by atoms with Gasteiger partial charge in [0.15, 0.2) is 0 Å². The molecule has 3 aromatic rings. The molecule has 0 amide bonds. The molecule has 14 heteroatoms. The van der Waals surface area contributed by atoms with Crippen molar-refractivity contribution in [3.05, 3.63) is 68.8 Å². The van der Waals surface area contributed by atoms with Crippen molar-refractivity contribution in [3.8, 4) is 0 Å². The molecular weight excluding hydrogens is 547 g/mol. The lowest BCUT2D eigenvalue weighted by Crippen LogP contribution is -2.21. The largest absolute Gasteiger partial charge is 0.490 e. The molecule has 8 nitrogen and oxygen atoms in total. The number of anilines is 1. The second-order valence-electron chi connectivity index (χ2n) is 8.79. The highest BCUT2D eigenvalue weighted by atomic mass is 32.1. The fraction of sp³-hybridized carbons (Fsp3) is 0.400. The second kappa shape index (κ2) is 13.4. The molecule has 0 fully saturated rings. The number of carboxylic acids is 2. The number of fused-ring (bicyclic) bond motifs is 1. The zero-order valence-corrected chi connectivity index (χ0v) is 21.3. The van der Waals surface area contributed by atoms with Gasteiger partial charge in [0.25, 0.3) is 0 Å². The van der Waals surface area contributed by atoms with Gasteiger partial charge in [0.2, 0.25) is 0 Å². The summed E-state index contributed by atoms with van der Waals surface area (Å²) in [5.41, 5.74) is 2.62. The van der Waals surface area contributed by atoms with Gasteiger partial charge in [0.1, 0.15) is 27.5 Å². The van der Waals surface area contributed by atoms with Crippen molar-refractivity contribution in [2.24, 2.45) is 0 Å². The Bertz CT molecular complexity index is 1280. The number of nitrogens with zero attached hydrogens (tertiary/aromatic N) is 3. The van der Waals surface area contributed by atoms with Crippen molar-refractivity contribution in [3.63, 3.8) is 0 Å². The van der Waals surface area contributed by atoms with Crippen molar-refractivity contribution in [2.45, 2.75) is 57.0 Å². The summed E-state index contributed by atoms with van der Waals surface area (Å²) in [5.74, 6) is -4.82. The third kappa shape index (κ3) is 9.53. The minimum absolute atomic E-state index is 0.240. The summed E-state index contributed by atoms with van der Waals surface area (Å²) >= 11 is 1.41. The Kier molecular flexibility index (Phi) is 10.3. The summed E-state index contributed by atoms with van der Waals surface area (Å²) in [6.07, 6.45) is -0.422. The number of carbonyl (C=O) groups is 2. The zero-order valence-electron chi connectivity index (χ0n) is 20.5. The Morgan fingerprint density at radius 3 is 2.33 bits per heavy atom. The molecule has 0 saturated heterocycles. The first kappa shape index (κ1) is 29.9. The molecule has 2 aromatic heterocycles. The smallest absolute Gasteiger partial charge is 0.481 e. The molecule has 3 N–H and O–H groups in total. The van der Waals surface area contributed by atoms with Crippen molar-refractivity contribution < 1.29 is 41.8 Å². The minimum atomic E-state index is -5.08. The van der Waals surface area contributed by atoms with Gasteiger partial charge in [-0.1, -0.05) is 6.07 Å². The standard InChI is InChI=1S/C23H24F2N4O2S.C2HF3O2/c24-17-9-15(10-18(25)13-17)16(12-22(30)31)11-21-29-28-20(32-21)5-1-4-19-7-6-14-3-2-8-26-23(14)27-19;3-2(4,5)1(6)7/h6-7,9-10,13,16H,1-5,8,11-12H2,(H,26,27)(H,30,31);(H,6,7). The van der Waals surface area contributed by atoms with Gasteiger partial charge >= 0.3 is 18.1 Å². The molecule has 1 aliphatic rings. The van der Waals surface area contributed by atoms with Crippen LogP contribution in [-0.2, 0) is 35.3 Å². The number of aliphatic carboxylic acids is 2. The van der Waals surface area contributed by atoms with E-state index in [0.717, 1.165) is 61.2 Å². The number of aryl methyl sites for hydroxylation is 3. The lowest BCUT2D eigenvalue weighted by Gasteiger charge is -2.17. The number of rotatable bonds is 9. The van der Waals surface area contributed by atoms with E-state index in [9.17, 15) is 31.9 Å². The van der Waals surface area contributed by atoms with E-state index in [0.29, 0.717) is 10.6 Å². The topological polar surface area (TPSA) is 125 Å². The summed E-state index contributed by atoms with van der Waals surface area (Å²) in [6.45, 7) is 0.960. The van der Waals surface area contributed by atoms with Crippen molar-refractivity contribution >= 4 is 29.1 Å². The number of hydrogen-bond acceptors (Lipinski definition) is 7. The van der Waals surface area contributed by atoms with Crippen molar-refractivity contribution in [2.75, 3.05) is 11.9 Å². The van der Waals surface area contributed by atoms with Gasteiger partial charge in [0, 0.05) is 37.1 Å². The highest BCUT2D eigenvalue weighted by Crippen LogP contribution is 2.28. The van der Waals surface area contributed by atoms with Crippen molar-refractivity contribution in [1.82, 2.24) is 15.2 Å². The van der Waals surface area contributed by atoms with Gasteiger partial charge < -0.3 is 15.5 Å². The molecule has 39 heavy (non-hydrogen) atoms. The molecule has 4 rings (SSSR count). The van der Waals surface area contributed by atoms with Crippen LogP contribution in [0.3, 0.4) is 0 Å². The first-order valence-corrected chi connectivity index (χ1v) is 12.7. The normalized spacial score (nSPS) is 13.5. The fourth-order valence-corrected chi connectivity index (χ4v) is 4.91. The van der Waals surface area contributed by atoms with Crippen LogP contribution in [0.4, 0.5) is 27.8 Å². The Labute approximate surface area is 223 Å². The predicted molar refractivity (Wildman–Crippen MR) is 132 cm³/mol. The number of aromatic nitrogens is 3. The molecule has 0 radical (unpaired) electrons. The third-order valence-electron chi connectivity index (χ3n) is 5.72. The molecule has 1 aliphatic heterocycles. The Morgan fingerprint density at radius 1 is 1.03 bits per heavy atom. The molecule has 0 aliphatic carbocycles. The van der Waals surface area contributed by atoms with E-state index in [-0.39, 0.29) is 12.8 Å². The maximum atomic E-state index is 13.6. The van der Waals surface area contributed by atoms with Gasteiger partial charge in [-0.25, -0.2) is 18.6 Å². The molecule has 0 spiro atoms. The van der Waals surface area contributed by atoms with Gasteiger partial charge in [-0.15, -0.1) is 21.5 Å². The first-order valence-electron chi connectivity index (χ1n) is 11.9. The monoisotopic (exact) mass is 572 g/mol. The second-order valence-corrected chi connectivity index (χ2v) is 9.93. The minimum Gasteiger partial charge on any atom is -0.481 e. The summed E-state index contributed by atoms with van der Waals surface area (Å²) in [6, 6.07) is 7.35. The lowest BCUT2D eigenvalue weighted by molar-refractivity contribution is -0.192. The summed E-state index contributed by atoms with van der Waals surface area (Å²) in [7, 11) is 0. The molecule has 210 valence electrons. The number of carboxylic acid groups (broad SMARTS) is 2. The molecule has 0 bridgehead atoms. The quantitative estimate of drug-likeness (QED) is 0.300. The molecule has 3 heterocycles. The van der Waals surface area contributed by atoms with Gasteiger partial charge in [0.05, 0.1) is 6.42 Å². The summed E-state index contributed by atoms with van der Waals surface area (Å²) < 4.78 is 59.0. The number of pyridine rings is 1. The van der Waals surface area contributed by atoms with Crippen molar-refractivity contribution in [1.29, 1.82) is 0 Å². The van der Waals surface area contributed by atoms with E-state index in [1.807, 2.05) is 0 Å². The molecular formula is C25H25F5N4O4S. The number of alkyl halides is 3. The van der Waals surface area contributed by atoms with E-state index in [4.69, 9.17) is 14.9 Å². The summed E-state index contributed by atoms with van der Waals surface area (Å²) in [5, 5.41) is 29.6. The lowest BCUT2D eigenvalue weighted by atomic mass is 9.92. The Hall–Kier alpha value is -3.68. The SMILES string of the molecule is O=C(O)C(F)(F)F.O=C(O)CC(Cc1nnc(CCCc2ccc3c(n2)NCCC3)s1)c1cc(F)cc(F)c1. The van der Waals surface area contributed by atoms with Crippen LogP contribution in [-0.4, -0.2) is 50.1 Å². The van der Waals surface area contributed by atoms with Crippen LogP contribution in [0.1, 0.15) is 52.0 Å². The number of halogens is 5. The van der Waals surface area contributed by atoms with E-state index in [1.54, 1.807) is 0 Å². The number of benzene rings is 1. The highest BCUT2D eigenvalue weighted by molar-refractivity contribution is 7.11. The van der Waals surface area contributed by atoms with E-state index < -0.39 is 35.7 Å². The van der Waals surface area contributed by atoms with E-state index in [2.05, 4.69) is 27.6 Å². The van der Waals surface area contributed by atoms with E-state index in [1.165, 1.54) is 29.0 Å². The maximum Gasteiger partial charge on any atom is 0.490 e. The first-order chi connectivity index (χ1) is 18.4. The Balaban J connectivity index is 0.000000532. The zero-order chi connectivity index (χ0) is 28.6. The van der Waals surface area contributed by atoms with Gasteiger partial charge in [-0.2, -0.15) is 13.2 Å². The molecule has 1 atom stereocenters. The van der Waals surface area contributed by atoms with E-state index >= 15 is 0 Å². The van der Waals surface area contributed by atoms with Crippen LogP contribution in [0.25, 0.3) is 0 Å². The summed E-state index contributed by atoms with van der Waals surface area (Å²) in [4.78, 5) is 24.9. The van der Waals surface area contributed by atoms with Crippen LogP contribution in [0.2, 0.25) is 0 Å². The van der Waals surface area contributed by atoms with Gasteiger partial charge in [-0.3, -0.25) is 4.79 Å². The molecule has 0 saturated carbocycles. The van der Waals surface area contributed by atoms with Crippen LogP contribution in [0, 0.1) is 11.6 Å². The maximum absolute atomic E-state index is 13.6. The fourth-order valence-electron chi connectivity index (χ4n) is 3.94. The highest BCUT2D eigenvalue weighted by Gasteiger charge is 2.38. The van der Waals surface area contributed by atoms with Gasteiger partial charge in [-0.05, 0) is 55.0 Å². The van der Waals surface area contributed by atoms with Crippen LogP contribution < -0.4 is 5.32 Å². The average molecular weight is 573 g/mol. The molecule has 1 unspecified atom stereocenters. The predicted octanol–water partition coefficient (Wildman–Crippen LogP) is 5.18. The third-order valence-corrected chi connectivity index (χ3v) is 6.73. The number of hydrogen-bond donors (Lipinski definition) is 3. The molecule has 1 aromatic carbocycles. The van der Waals surface area contributed by atoms with Crippen LogP contribution in [0.5, 0.6) is 0 Å². The average Bonchev–Trinajstić information content (AvgIpc) is 3.29. The van der Waals surface area contributed by atoms with Crippen LogP contribution in [0.15, 0.2) is 30.3 Å². The Morgan fingerprint density at radius 2 is 1.69 bits per heavy atom. The number of nitrogens with one attached hydrogen (secondary N) is 1.